The van der Waals surface area contributed by atoms with Crippen LogP contribution in [-0.2, 0) is 11.3 Å². The Bertz CT molecular complexity index is 457. The fourth-order valence-corrected chi connectivity index (χ4v) is 1.55. The number of Topliss-reactive ketones (excluding diaryl/α,β-unsaturated/α-hetero) is 1. The number of aromatic nitrogens is 1. The molecule has 0 unspecified atom stereocenters. The molecule has 0 atom stereocenters. The molecule has 0 bridgehead atoms. The molecule has 5 heteroatoms. The average Bonchev–Trinajstić information content (AvgIpc) is 2.78. The first-order valence-electron chi connectivity index (χ1n) is 6.00. The molecule has 0 radical (unpaired) electrons. The number of rotatable bonds is 7. The molecule has 1 aromatic heterocycles. The van der Waals surface area contributed by atoms with Crippen molar-refractivity contribution in [1.82, 2.24) is 9.88 Å². The molecule has 1 N–H and O–H groups in total. The number of hydrogen-bond donors (Lipinski definition) is 1. The summed E-state index contributed by atoms with van der Waals surface area (Å²) in [6.45, 7) is 2.49. The predicted molar refractivity (Wildman–Crippen MR) is 66.9 cm³/mol. The Labute approximate surface area is 106 Å². The van der Waals surface area contributed by atoms with E-state index in [0.717, 1.165) is 6.42 Å². The van der Waals surface area contributed by atoms with E-state index in [1.54, 1.807) is 23.0 Å². The summed E-state index contributed by atoms with van der Waals surface area (Å²) in [7, 11) is 0. The van der Waals surface area contributed by atoms with Crippen molar-refractivity contribution in [2.75, 3.05) is 6.54 Å². The maximum Gasteiger partial charge on any atom is 0.239 e. The van der Waals surface area contributed by atoms with E-state index in [2.05, 4.69) is 5.32 Å². The lowest BCUT2D eigenvalue weighted by atomic mass is 10.1. The summed E-state index contributed by atoms with van der Waals surface area (Å²) in [6, 6.07) is 3.68. The second-order valence-corrected chi connectivity index (χ2v) is 4.00. The summed E-state index contributed by atoms with van der Waals surface area (Å²) >= 11 is 0. The molecule has 18 heavy (non-hydrogen) atoms. The highest BCUT2D eigenvalue weighted by Gasteiger charge is 2.08. The van der Waals surface area contributed by atoms with Gasteiger partial charge in [-0.05, 0) is 12.5 Å². The maximum absolute atomic E-state index is 11.6. The summed E-state index contributed by atoms with van der Waals surface area (Å²) in [4.78, 5) is 23.1. The molecule has 1 aromatic rings. The minimum absolute atomic E-state index is 0.0983. The van der Waals surface area contributed by atoms with Crippen molar-refractivity contribution in [2.24, 2.45) is 0 Å². The summed E-state index contributed by atoms with van der Waals surface area (Å²) in [5.74, 6) is -0.0588. The van der Waals surface area contributed by atoms with Gasteiger partial charge in [0.15, 0.2) is 5.78 Å². The highest BCUT2D eigenvalue weighted by Crippen LogP contribution is 2.06. The molecule has 5 nitrogen and oxygen atoms in total. The van der Waals surface area contributed by atoms with E-state index in [-0.39, 0.29) is 18.2 Å². The van der Waals surface area contributed by atoms with Crippen molar-refractivity contribution >= 4 is 11.7 Å². The number of hydrogen-bond acceptors (Lipinski definition) is 3. The predicted octanol–water partition coefficient (Wildman–Crippen LogP) is 1.50. The minimum atomic E-state index is -0.157. The van der Waals surface area contributed by atoms with Crippen molar-refractivity contribution in [1.29, 1.82) is 5.26 Å². The number of nitrogens with zero attached hydrogens (tertiary/aromatic N) is 2. The summed E-state index contributed by atoms with van der Waals surface area (Å²) < 4.78 is 1.67. The molecule has 0 saturated carbocycles. The van der Waals surface area contributed by atoms with Crippen LogP contribution in [0.4, 0.5) is 0 Å². The molecule has 96 valence electrons. The van der Waals surface area contributed by atoms with Crippen LogP contribution in [-0.4, -0.2) is 22.8 Å². The highest BCUT2D eigenvalue weighted by molar-refractivity contribution is 5.95. The van der Waals surface area contributed by atoms with Crippen LogP contribution in [0.2, 0.25) is 0 Å². The quantitative estimate of drug-likeness (QED) is 0.586. The number of nitriles is 1. The average molecular weight is 247 g/mol. The second kappa shape index (κ2) is 7.28. The van der Waals surface area contributed by atoms with Crippen molar-refractivity contribution in [3.63, 3.8) is 0 Å². The Balaban J connectivity index is 2.46. The van der Waals surface area contributed by atoms with Gasteiger partial charge in [0, 0.05) is 30.9 Å². The van der Waals surface area contributed by atoms with Gasteiger partial charge in [-0.1, -0.05) is 6.92 Å². The van der Waals surface area contributed by atoms with Crippen molar-refractivity contribution in [3.05, 3.63) is 24.0 Å². The Morgan fingerprint density at radius 3 is 2.94 bits per heavy atom. The fraction of sp³-hybridized carbons (Fsp3) is 0.462. The lowest BCUT2D eigenvalue weighted by Gasteiger charge is -2.03. The summed E-state index contributed by atoms with van der Waals surface area (Å²) in [5.41, 5.74) is 0.640. The lowest BCUT2D eigenvalue weighted by molar-refractivity contribution is -0.121. The van der Waals surface area contributed by atoms with Crippen LogP contribution in [0.5, 0.6) is 0 Å². The molecule has 1 amide bonds. The molecule has 0 saturated heterocycles. The molecule has 1 rings (SSSR count). The normalized spacial score (nSPS) is 9.78. The molecular formula is C13H17N3O2. The van der Waals surface area contributed by atoms with Crippen LogP contribution in [0.15, 0.2) is 18.5 Å². The zero-order chi connectivity index (χ0) is 13.4. The molecular weight excluding hydrogens is 230 g/mol. The highest BCUT2D eigenvalue weighted by atomic mass is 16.2. The van der Waals surface area contributed by atoms with Gasteiger partial charge in [0.25, 0.3) is 0 Å². The van der Waals surface area contributed by atoms with Crippen molar-refractivity contribution in [3.8, 4) is 6.07 Å². The first-order chi connectivity index (χ1) is 8.67. The van der Waals surface area contributed by atoms with Crippen LogP contribution in [0.1, 0.15) is 36.5 Å². The van der Waals surface area contributed by atoms with Crippen molar-refractivity contribution < 1.29 is 9.59 Å². The Morgan fingerprint density at radius 2 is 2.28 bits per heavy atom. The molecule has 0 aromatic carbocycles. The third-order valence-electron chi connectivity index (χ3n) is 2.43. The molecule has 0 spiro atoms. The van der Waals surface area contributed by atoms with Gasteiger partial charge < -0.3 is 9.88 Å². The molecule has 1 heterocycles. The van der Waals surface area contributed by atoms with E-state index >= 15 is 0 Å². The molecule has 0 fully saturated rings. The number of nitrogens with one attached hydrogen (secondary N) is 1. The van der Waals surface area contributed by atoms with Gasteiger partial charge in [0.05, 0.1) is 12.5 Å². The zero-order valence-electron chi connectivity index (χ0n) is 10.5. The summed E-state index contributed by atoms with van der Waals surface area (Å²) in [6.07, 6.45) is 5.04. The Hall–Kier alpha value is -2.09. The van der Waals surface area contributed by atoms with E-state index in [9.17, 15) is 9.59 Å². The zero-order valence-corrected chi connectivity index (χ0v) is 10.5. The fourth-order valence-electron chi connectivity index (χ4n) is 1.55. The molecule has 0 aliphatic rings. The lowest BCUT2D eigenvalue weighted by Crippen LogP contribution is -2.27. The molecule has 0 aliphatic heterocycles. The molecule has 0 aliphatic carbocycles. The van der Waals surface area contributed by atoms with E-state index < -0.39 is 0 Å². The van der Waals surface area contributed by atoms with E-state index in [4.69, 9.17) is 5.26 Å². The van der Waals surface area contributed by atoms with Crippen LogP contribution in [0, 0.1) is 11.3 Å². The second-order valence-electron chi connectivity index (χ2n) is 4.00. The number of carbonyl (C=O) groups excluding carboxylic acids is 2. The number of ketones is 1. The Morgan fingerprint density at radius 1 is 1.50 bits per heavy atom. The van der Waals surface area contributed by atoms with Gasteiger partial charge in [-0.25, -0.2) is 0 Å². The number of amides is 1. The van der Waals surface area contributed by atoms with Gasteiger partial charge >= 0.3 is 0 Å². The SMILES string of the molecule is CCCC(=O)c1ccn(CC(=O)NCCC#N)c1. The monoisotopic (exact) mass is 247 g/mol. The number of carbonyl (C=O) groups is 2. The summed E-state index contributed by atoms with van der Waals surface area (Å²) in [5, 5.41) is 11.0. The first-order valence-corrected chi connectivity index (χ1v) is 6.00. The minimum Gasteiger partial charge on any atom is -0.354 e. The van der Waals surface area contributed by atoms with Crippen molar-refractivity contribution in [2.45, 2.75) is 32.7 Å². The van der Waals surface area contributed by atoms with E-state index in [1.807, 2.05) is 13.0 Å². The van der Waals surface area contributed by atoms with E-state index in [1.165, 1.54) is 0 Å². The van der Waals surface area contributed by atoms with Crippen LogP contribution >= 0.6 is 0 Å². The largest absolute Gasteiger partial charge is 0.354 e. The van der Waals surface area contributed by atoms with Crippen LogP contribution < -0.4 is 5.32 Å². The van der Waals surface area contributed by atoms with Gasteiger partial charge in [0.2, 0.25) is 5.91 Å². The van der Waals surface area contributed by atoms with Crippen LogP contribution in [0.3, 0.4) is 0 Å². The topological polar surface area (TPSA) is 74.9 Å². The smallest absolute Gasteiger partial charge is 0.239 e. The Kier molecular flexibility index (Phi) is 5.65. The standard InChI is InChI=1S/C13H17N3O2/c1-2-4-12(17)11-5-8-16(9-11)10-13(18)15-7-3-6-14/h5,8-9H,2-4,7,10H2,1H3,(H,15,18). The van der Waals surface area contributed by atoms with Crippen LogP contribution in [0.25, 0.3) is 0 Å². The third kappa shape index (κ3) is 4.42. The third-order valence-corrected chi connectivity index (χ3v) is 2.43. The van der Waals surface area contributed by atoms with Gasteiger partial charge in [-0.3, -0.25) is 9.59 Å². The van der Waals surface area contributed by atoms with Gasteiger partial charge in [-0.15, -0.1) is 0 Å². The first kappa shape index (κ1) is 14.0. The van der Waals surface area contributed by atoms with Gasteiger partial charge in [-0.2, -0.15) is 5.26 Å². The van der Waals surface area contributed by atoms with Gasteiger partial charge in [0.1, 0.15) is 6.54 Å². The maximum atomic E-state index is 11.6. The van der Waals surface area contributed by atoms with E-state index in [0.29, 0.717) is 24.9 Å².